The average molecular weight is 253 g/mol. The molecule has 6 nitrogen and oxygen atoms in total. The van der Waals surface area contributed by atoms with Crippen molar-refractivity contribution in [1.29, 1.82) is 0 Å². The van der Waals surface area contributed by atoms with E-state index in [1.807, 2.05) is 14.0 Å². The van der Waals surface area contributed by atoms with Gasteiger partial charge in [0.1, 0.15) is 5.82 Å². The second-order valence-corrected chi connectivity index (χ2v) is 4.74. The van der Waals surface area contributed by atoms with Crippen LogP contribution >= 0.6 is 0 Å². The number of rotatable bonds is 4. The van der Waals surface area contributed by atoms with Gasteiger partial charge in [-0.2, -0.15) is 5.10 Å². The molecule has 1 saturated heterocycles. The van der Waals surface area contributed by atoms with Crippen LogP contribution in [0.5, 0.6) is 0 Å². The molecule has 0 amide bonds. The summed E-state index contributed by atoms with van der Waals surface area (Å²) in [5.41, 5.74) is 7.56. The zero-order chi connectivity index (χ0) is 13.1. The number of hydrogen-bond donors (Lipinski definition) is 2. The van der Waals surface area contributed by atoms with Crippen LogP contribution in [0.2, 0.25) is 0 Å². The van der Waals surface area contributed by atoms with Gasteiger partial charge in [-0.1, -0.05) is 6.92 Å². The highest BCUT2D eigenvalue weighted by molar-refractivity contribution is 5.64. The lowest BCUT2D eigenvalue weighted by atomic mass is 10.2. The molecule has 1 aliphatic rings. The van der Waals surface area contributed by atoms with Gasteiger partial charge in [0.15, 0.2) is 0 Å². The van der Waals surface area contributed by atoms with E-state index in [-0.39, 0.29) is 6.10 Å². The Morgan fingerprint density at radius 1 is 1.56 bits per heavy atom. The normalized spacial score (nSPS) is 21.2. The minimum atomic E-state index is 0.216. The predicted molar refractivity (Wildman–Crippen MR) is 72.7 cm³/mol. The van der Waals surface area contributed by atoms with Crippen LogP contribution in [-0.2, 0) is 11.8 Å². The van der Waals surface area contributed by atoms with Crippen LogP contribution in [0, 0.1) is 6.92 Å². The Morgan fingerprint density at radius 3 is 2.94 bits per heavy atom. The van der Waals surface area contributed by atoms with Gasteiger partial charge in [0.05, 0.1) is 24.1 Å². The van der Waals surface area contributed by atoms with Gasteiger partial charge in [0.25, 0.3) is 0 Å². The average Bonchev–Trinajstić information content (AvgIpc) is 2.61. The number of aryl methyl sites for hydroxylation is 2. The molecule has 1 aromatic rings. The van der Waals surface area contributed by atoms with Crippen molar-refractivity contribution in [2.24, 2.45) is 7.05 Å². The molecular weight excluding hydrogens is 230 g/mol. The summed E-state index contributed by atoms with van der Waals surface area (Å²) in [6.07, 6.45) is 0.216. The maximum absolute atomic E-state index is 5.98. The van der Waals surface area contributed by atoms with Crippen molar-refractivity contribution in [2.45, 2.75) is 20.0 Å². The molecular formula is C12H23N5O. The van der Waals surface area contributed by atoms with Gasteiger partial charge in [-0.05, 0) is 13.5 Å². The van der Waals surface area contributed by atoms with E-state index in [9.17, 15) is 0 Å². The molecule has 1 fully saturated rings. The number of ether oxygens (including phenoxy) is 1. The quantitative estimate of drug-likeness (QED) is 0.815. The molecule has 0 spiro atoms. The van der Waals surface area contributed by atoms with Crippen LogP contribution in [0.4, 0.5) is 11.5 Å². The third-order valence-corrected chi connectivity index (χ3v) is 3.44. The maximum Gasteiger partial charge on any atom is 0.147 e. The standard InChI is InChI=1S/C12H23N5O/c1-4-17-5-6-18-10(8-17)7-14-12-11(13)9(2)15-16(12)3/h10,14H,4-8,13H2,1-3H3. The number of aromatic nitrogens is 2. The molecule has 2 rings (SSSR count). The molecule has 3 N–H and O–H groups in total. The van der Waals surface area contributed by atoms with Crippen molar-refractivity contribution >= 4 is 11.5 Å². The van der Waals surface area contributed by atoms with Crippen molar-refractivity contribution in [1.82, 2.24) is 14.7 Å². The third-order valence-electron chi connectivity index (χ3n) is 3.44. The summed E-state index contributed by atoms with van der Waals surface area (Å²) in [4.78, 5) is 2.40. The predicted octanol–water partition coefficient (Wildman–Crippen LogP) is 0.443. The summed E-state index contributed by atoms with van der Waals surface area (Å²) in [5, 5.41) is 7.62. The van der Waals surface area contributed by atoms with Gasteiger partial charge in [-0.3, -0.25) is 9.58 Å². The van der Waals surface area contributed by atoms with Crippen molar-refractivity contribution in [3.05, 3.63) is 5.69 Å². The maximum atomic E-state index is 5.98. The summed E-state index contributed by atoms with van der Waals surface area (Å²) in [6.45, 7) is 8.74. The number of nitrogen functional groups attached to an aromatic ring is 1. The second-order valence-electron chi connectivity index (χ2n) is 4.74. The van der Waals surface area contributed by atoms with Gasteiger partial charge in [0.2, 0.25) is 0 Å². The van der Waals surface area contributed by atoms with Crippen LogP contribution in [0.25, 0.3) is 0 Å². The van der Waals surface area contributed by atoms with Crippen LogP contribution in [0.3, 0.4) is 0 Å². The molecule has 1 atom stereocenters. The largest absolute Gasteiger partial charge is 0.394 e. The molecule has 0 radical (unpaired) electrons. The van der Waals surface area contributed by atoms with Crippen LogP contribution in [0.1, 0.15) is 12.6 Å². The molecule has 102 valence electrons. The first-order valence-corrected chi connectivity index (χ1v) is 6.48. The number of nitrogens with two attached hydrogens (primary N) is 1. The summed E-state index contributed by atoms with van der Waals surface area (Å²) >= 11 is 0. The van der Waals surface area contributed by atoms with E-state index in [4.69, 9.17) is 10.5 Å². The highest BCUT2D eigenvalue weighted by Crippen LogP contribution is 2.21. The number of likely N-dealkylation sites (N-methyl/N-ethyl adjacent to an activating group) is 1. The lowest BCUT2D eigenvalue weighted by Gasteiger charge is -2.32. The third kappa shape index (κ3) is 2.76. The summed E-state index contributed by atoms with van der Waals surface area (Å²) < 4.78 is 7.53. The Kier molecular flexibility index (Phi) is 4.08. The molecule has 0 aromatic carbocycles. The molecule has 2 heterocycles. The molecule has 18 heavy (non-hydrogen) atoms. The number of nitrogens with zero attached hydrogens (tertiary/aromatic N) is 3. The van der Waals surface area contributed by atoms with Gasteiger partial charge >= 0.3 is 0 Å². The van der Waals surface area contributed by atoms with Crippen molar-refractivity contribution in [3.8, 4) is 0 Å². The second kappa shape index (κ2) is 5.58. The SMILES string of the molecule is CCN1CCOC(CNc2c(N)c(C)nn2C)C1. The Morgan fingerprint density at radius 2 is 2.33 bits per heavy atom. The molecule has 1 unspecified atom stereocenters. The lowest BCUT2D eigenvalue weighted by Crippen LogP contribution is -2.45. The fourth-order valence-electron chi connectivity index (χ4n) is 2.29. The van der Waals surface area contributed by atoms with Crippen LogP contribution in [-0.4, -0.2) is 53.6 Å². The highest BCUT2D eigenvalue weighted by Gasteiger charge is 2.20. The van der Waals surface area contributed by atoms with E-state index >= 15 is 0 Å². The first kappa shape index (κ1) is 13.2. The first-order chi connectivity index (χ1) is 8.61. The van der Waals surface area contributed by atoms with Crippen LogP contribution < -0.4 is 11.1 Å². The molecule has 0 aliphatic carbocycles. The van der Waals surface area contributed by atoms with E-state index in [0.29, 0.717) is 0 Å². The molecule has 6 heteroatoms. The Bertz CT molecular complexity index is 403. The summed E-state index contributed by atoms with van der Waals surface area (Å²) in [7, 11) is 1.89. The van der Waals surface area contributed by atoms with E-state index in [1.165, 1.54) is 0 Å². The Labute approximate surface area is 108 Å². The van der Waals surface area contributed by atoms with Crippen LogP contribution in [0.15, 0.2) is 0 Å². The zero-order valence-electron chi connectivity index (χ0n) is 11.4. The van der Waals surface area contributed by atoms with E-state index in [1.54, 1.807) is 4.68 Å². The van der Waals surface area contributed by atoms with E-state index in [0.717, 1.165) is 50.0 Å². The fraction of sp³-hybridized carbons (Fsp3) is 0.750. The monoisotopic (exact) mass is 253 g/mol. The van der Waals surface area contributed by atoms with Gasteiger partial charge < -0.3 is 15.8 Å². The summed E-state index contributed by atoms with van der Waals surface area (Å²) in [5.74, 6) is 0.879. The number of anilines is 2. The van der Waals surface area contributed by atoms with Gasteiger partial charge in [-0.25, -0.2) is 0 Å². The fourth-order valence-corrected chi connectivity index (χ4v) is 2.29. The highest BCUT2D eigenvalue weighted by atomic mass is 16.5. The Balaban J connectivity index is 1.91. The summed E-state index contributed by atoms with van der Waals surface area (Å²) in [6, 6.07) is 0. The number of hydrogen-bond acceptors (Lipinski definition) is 5. The smallest absolute Gasteiger partial charge is 0.147 e. The van der Waals surface area contributed by atoms with E-state index < -0.39 is 0 Å². The molecule has 1 aliphatic heterocycles. The lowest BCUT2D eigenvalue weighted by molar-refractivity contribution is -0.0192. The molecule has 0 bridgehead atoms. The van der Waals surface area contributed by atoms with Gasteiger partial charge in [0, 0.05) is 26.7 Å². The first-order valence-electron chi connectivity index (χ1n) is 6.48. The van der Waals surface area contributed by atoms with Crippen molar-refractivity contribution < 1.29 is 4.74 Å². The zero-order valence-corrected chi connectivity index (χ0v) is 11.4. The molecule has 0 saturated carbocycles. The molecule has 1 aromatic heterocycles. The van der Waals surface area contributed by atoms with Crippen molar-refractivity contribution in [2.75, 3.05) is 43.8 Å². The minimum Gasteiger partial charge on any atom is -0.394 e. The van der Waals surface area contributed by atoms with Gasteiger partial charge in [-0.15, -0.1) is 0 Å². The van der Waals surface area contributed by atoms with E-state index in [2.05, 4.69) is 22.2 Å². The Hall–Kier alpha value is -1.27. The minimum absolute atomic E-state index is 0.216. The number of nitrogens with one attached hydrogen (secondary N) is 1. The number of morpholine rings is 1. The van der Waals surface area contributed by atoms with Crippen molar-refractivity contribution in [3.63, 3.8) is 0 Å². The topological polar surface area (TPSA) is 68.3 Å².